The maximum absolute atomic E-state index is 13.2. The fourth-order valence-electron chi connectivity index (χ4n) is 2.46. The maximum atomic E-state index is 13.2. The average molecular weight is 402 g/mol. The summed E-state index contributed by atoms with van der Waals surface area (Å²) in [4.78, 5) is 12.2. The molecule has 3 rings (SSSR count). The molecule has 1 N–H and O–H groups in total. The Hall–Kier alpha value is -2.47. The first kappa shape index (κ1) is 17.4. The second-order valence-electron chi connectivity index (χ2n) is 5.65. The van der Waals surface area contributed by atoms with Gasteiger partial charge in [-0.1, -0.05) is 18.2 Å². The van der Waals surface area contributed by atoms with Crippen LogP contribution in [0.5, 0.6) is 0 Å². The highest BCUT2D eigenvalue weighted by atomic mass is 79.9. The summed E-state index contributed by atoms with van der Waals surface area (Å²) in [5.41, 5.74) is 2.66. The maximum Gasteiger partial charge on any atom is 0.251 e. The molecule has 0 radical (unpaired) electrons. The van der Waals surface area contributed by atoms with Crippen LogP contribution in [0.15, 0.2) is 65.4 Å². The van der Waals surface area contributed by atoms with Crippen LogP contribution in [0.2, 0.25) is 0 Å². The van der Waals surface area contributed by atoms with E-state index in [4.69, 9.17) is 0 Å². The van der Waals surface area contributed by atoms with Crippen LogP contribution in [-0.2, 0) is 13.0 Å². The third-order valence-electron chi connectivity index (χ3n) is 3.80. The fraction of sp³-hybridized carbons (Fsp3) is 0.158. The van der Waals surface area contributed by atoms with Crippen LogP contribution < -0.4 is 5.32 Å². The van der Waals surface area contributed by atoms with Gasteiger partial charge in [-0.05, 0) is 63.8 Å². The lowest BCUT2D eigenvalue weighted by atomic mass is 10.1. The molecule has 3 aromatic rings. The van der Waals surface area contributed by atoms with Crippen LogP contribution in [0, 0.1) is 5.82 Å². The molecule has 6 heteroatoms. The van der Waals surface area contributed by atoms with Crippen LogP contribution in [-0.4, -0.2) is 22.2 Å². The molecule has 0 spiro atoms. The van der Waals surface area contributed by atoms with Gasteiger partial charge in [-0.3, -0.25) is 9.48 Å². The molecule has 0 fully saturated rings. The molecule has 128 valence electrons. The third kappa shape index (κ3) is 4.76. The predicted octanol–water partition coefficient (Wildman–Crippen LogP) is 3.81. The fourth-order valence-corrected chi connectivity index (χ4v) is 2.89. The summed E-state index contributed by atoms with van der Waals surface area (Å²) in [6.45, 7) is 1.17. The van der Waals surface area contributed by atoms with Crippen LogP contribution >= 0.6 is 15.9 Å². The van der Waals surface area contributed by atoms with Gasteiger partial charge >= 0.3 is 0 Å². The lowest BCUT2D eigenvalue weighted by molar-refractivity contribution is 0.0954. The Morgan fingerprint density at radius 2 is 1.92 bits per heavy atom. The van der Waals surface area contributed by atoms with E-state index in [-0.39, 0.29) is 11.7 Å². The molecule has 2 aromatic carbocycles. The summed E-state index contributed by atoms with van der Waals surface area (Å²) in [5.74, 6) is -0.408. The molecule has 25 heavy (non-hydrogen) atoms. The number of carbonyl (C=O) groups excluding carboxylic acids is 1. The van der Waals surface area contributed by atoms with E-state index in [2.05, 4.69) is 26.3 Å². The Morgan fingerprint density at radius 3 is 2.60 bits per heavy atom. The molecular weight excluding hydrogens is 385 g/mol. The van der Waals surface area contributed by atoms with E-state index >= 15 is 0 Å². The zero-order valence-corrected chi connectivity index (χ0v) is 15.0. The minimum absolute atomic E-state index is 0.119. The average Bonchev–Trinajstić information content (AvgIpc) is 3.11. The number of rotatable bonds is 6. The molecule has 0 bridgehead atoms. The van der Waals surface area contributed by atoms with E-state index in [1.807, 2.05) is 41.2 Å². The number of hydrogen-bond donors (Lipinski definition) is 1. The second kappa shape index (κ2) is 8.07. The highest BCUT2D eigenvalue weighted by Gasteiger charge is 2.06. The Kier molecular flexibility index (Phi) is 5.60. The van der Waals surface area contributed by atoms with Crippen molar-refractivity contribution in [3.8, 4) is 0 Å². The molecule has 0 saturated heterocycles. The standard InChI is InChI=1S/C19H17BrFN3O/c20-17-12-14(4-7-18(17)21)8-10-22-19(25)16-5-2-15(3-6-16)13-24-11-1-9-23-24/h1-7,9,11-12H,8,10,13H2,(H,22,25). The summed E-state index contributed by atoms with van der Waals surface area (Å²) >= 11 is 3.16. The van der Waals surface area contributed by atoms with Crippen molar-refractivity contribution in [1.82, 2.24) is 15.1 Å². The van der Waals surface area contributed by atoms with Crippen LogP contribution in [0.3, 0.4) is 0 Å². The molecule has 1 heterocycles. The smallest absolute Gasteiger partial charge is 0.251 e. The topological polar surface area (TPSA) is 46.9 Å². The number of carbonyl (C=O) groups is 1. The number of nitrogens with one attached hydrogen (secondary N) is 1. The Morgan fingerprint density at radius 1 is 1.16 bits per heavy atom. The van der Waals surface area contributed by atoms with Gasteiger partial charge in [-0.15, -0.1) is 0 Å². The number of halogens is 2. The van der Waals surface area contributed by atoms with Gasteiger partial charge in [0.25, 0.3) is 5.91 Å². The van der Waals surface area contributed by atoms with Crippen LogP contribution in [0.4, 0.5) is 4.39 Å². The minimum Gasteiger partial charge on any atom is -0.352 e. The largest absolute Gasteiger partial charge is 0.352 e. The Bertz CT molecular complexity index is 848. The number of nitrogens with zero attached hydrogens (tertiary/aromatic N) is 2. The van der Waals surface area contributed by atoms with Gasteiger partial charge in [0.2, 0.25) is 0 Å². The summed E-state index contributed by atoms with van der Waals surface area (Å²) in [6.07, 6.45) is 4.28. The van der Waals surface area contributed by atoms with E-state index in [1.54, 1.807) is 18.3 Å². The van der Waals surface area contributed by atoms with Crippen molar-refractivity contribution in [2.45, 2.75) is 13.0 Å². The Labute approximate surface area is 153 Å². The second-order valence-corrected chi connectivity index (χ2v) is 6.51. The van der Waals surface area contributed by atoms with E-state index in [0.29, 0.717) is 29.5 Å². The van der Waals surface area contributed by atoms with Crippen molar-refractivity contribution in [3.63, 3.8) is 0 Å². The normalized spacial score (nSPS) is 10.6. The minimum atomic E-state index is -0.289. The molecule has 0 saturated carbocycles. The van der Waals surface area contributed by atoms with Gasteiger partial charge < -0.3 is 5.32 Å². The van der Waals surface area contributed by atoms with Gasteiger partial charge in [-0.2, -0.15) is 5.10 Å². The van der Waals surface area contributed by atoms with Gasteiger partial charge in [0.1, 0.15) is 5.82 Å². The molecule has 0 atom stereocenters. The van der Waals surface area contributed by atoms with Gasteiger partial charge in [0.15, 0.2) is 0 Å². The van der Waals surface area contributed by atoms with Gasteiger partial charge in [0, 0.05) is 24.5 Å². The molecule has 0 aliphatic rings. The van der Waals surface area contributed by atoms with E-state index < -0.39 is 0 Å². The van der Waals surface area contributed by atoms with E-state index in [9.17, 15) is 9.18 Å². The van der Waals surface area contributed by atoms with Crippen molar-refractivity contribution >= 4 is 21.8 Å². The molecule has 1 amide bonds. The SMILES string of the molecule is O=C(NCCc1ccc(F)c(Br)c1)c1ccc(Cn2cccn2)cc1. The number of amides is 1. The monoisotopic (exact) mass is 401 g/mol. The zero-order chi connectivity index (χ0) is 17.6. The number of hydrogen-bond acceptors (Lipinski definition) is 2. The van der Waals surface area contributed by atoms with Gasteiger partial charge in [-0.25, -0.2) is 4.39 Å². The van der Waals surface area contributed by atoms with E-state index in [1.165, 1.54) is 6.07 Å². The highest BCUT2D eigenvalue weighted by molar-refractivity contribution is 9.10. The third-order valence-corrected chi connectivity index (χ3v) is 4.41. The number of benzene rings is 2. The molecule has 1 aromatic heterocycles. The number of aromatic nitrogens is 2. The molecule has 0 aliphatic carbocycles. The quantitative estimate of drug-likeness (QED) is 0.682. The predicted molar refractivity (Wildman–Crippen MR) is 97.9 cm³/mol. The van der Waals surface area contributed by atoms with Crippen molar-refractivity contribution in [1.29, 1.82) is 0 Å². The summed E-state index contributed by atoms with van der Waals surface area (Å²) in [6, 6.07) is 14.2. The summed E-state index contributed by atoms with van der Waals surface area (Å²) in [7, 11) is 0. The van der Waals surface area contributed by atoms with Crippen molar-refractivity contribution in [2.75, 3.05) is 6.54 Å². The lowest BCUT2D eigenvalue weighted by Gasteiger charge is -2.07. The Balaban J connectivity index is 1.51. The van der Waals surface area contributed by atoms with Crippen molar-refractivity contribution < 1.29 is 9.18 Å². The molecule has 0 unspecified atom stereocenters. The van der Waals surface area contributed by atoms with Gasteiger partial charge in [0.05, 0.1) is 11.0 Å². The first-order chi connectivity index (χ1) is 12.1. The van der Waals surface area contributed by atoms with Crippen LogP contribution in [0.25, 0.3) is 0 Å². The zero-order valence-electron chi connectivity index (χ0n) is 13.5. The molecular formula is C19H17BrFN3O. The molecule has 0 aliphatic heterocycles. The van der Waals surface area contributed by atoms with Crippen molar-refractivity contribution in [2.24, 2.45) is 0 Å². The first-order valence-electron chi connectivity index (χ1n) is 7.90. The first-order valence-corrected chi connectivity index (χ1v) is 8.69. The summed E-state index contributed by atoms with van der Waals surface area (Å²) in [5, 5.41) is 7.04. The lowest BCUT2D eigenvalue weighted by Crippen LogP contribution is -2.25. The summed E-state index contributed by atoms with van der Waals surface area (Å²) < 4.78 is 15.5. The molecule has 4 nitrogen and oxygen atoms in total. The van der Waals surface area contributed by atoms with E-state index in [0.717, 1.165) is 11.1 Å². The van der Waals surface area contributed by atoms with Crippen molar-refractivity contribution in [3.05, 3.63) is 87.9 Å². The van der Waals surface area contributed by atoms with Crippen LogP contribution in [0.1, 0.15) is 21.5 Å². The highest BCUT2D eigenvalue weighted by Crippen LogP contribution is 2.17.